The van der Waals surface area contributed by atoms with Crippen LogP contribution in [0.3, 0.4) is 0 Å². The molecule has 0 atom stereocenters. The maximum absolute atomic E-state index is 11.0. The Bertz CT molecular complexity index is 185. The second-order valence-electron chi connectivity index (χ2n) is 3.38. The zero-order chi connectivity index (χ0) is 8.97. The van der Waals surface area contributed by atoms with Gasteiger partial charge < -0.3 is 4.74 Å². The van der Waals surface area contributed by atoms with Crippen molar-refractivity contribution in [2.75, 3.05) is 11.5 Å². The summed E-state index contributed by atoms with van der Waals surface area (Å²) >= 11 is 0. The third-order valence-corrected chi connectivity index (χ3v) is 3.21. The Hall–Kier alpha value is -0.310. The minimum Gasteiger partial charge on any atom is -0.498 e. The fourth-order valence-electron chi connectivity index (χ4n) is 1.14. The Morgan fingerprint density at radius 2 is 2.00 bits per heavy atom. The lowest BCUT2D eigenvalue weighted by molar-refractivity contribution is 0.133. The van der Waals surface area contributed by atoms with Gasteiger partial charge in [0.2, 0.25) is 0 Å². The van der Waals surface area contributed by atoms with E-state index in [2.05, 4.69) is 0 Å². The molecule has 0 amide bonds. The zero-order valence-electron chi connectivity index (χ0n) is 7.71. The molecule has 0 N–H and O–H groups in total. The minimum atomic E-state index is -0.576. The van der Waals surface area contributed by atoms with Crippen molar-refractivity contribution in [3.63, 3.8) is 0 Å². The number of rotatable bonds is 2. The average molecular weight is 188 g/mol. The van der Waals surface area contributed by atoms with Crippen LogP contribution in [0.15, 0.2) is 11.8 Å². The minimum absolute atomic E-state index is 0.303. The van der Waals surface area contributed by atoms with E-state index in [1.165, 1.54) is 5.57 Å². The van der Waals surface area contributed by atoms with Crippen LogP contribution in [0, 0.1) is 0 Å². The number of hydrogen-bond acceptors (Lipinski definition) is 2. The highest BCUT2D eigenvalue weighted by molar-refractivity contribution is 7.85. The molecule has 0 aliphatic carbocycles. The second-order valence-corrected chi connectivity index (χ2v) is 5.07. The lowest BCUT2D eigenvalue weighted by Crippen LogP contribution is -2.23. The molecule has 0 bridgehead atoms. The Kier molecular flexibility index (Phi) is 3.79. The molecule has 70 valence electrons. The van der Waals surface area contributed by atoms with Gasteiger partial charge in [-0.2, -0.15) is 0 Å². The van der Waals surface area contributed by atoms with Gasteiger partial charge in [0.1, 0.15) is 0 Å². The van der Waals surface area contributed by atoms with E-state index in [1.807, 2.05) is 13.8 Å². The Balaban J connectivity index is 2.26. The van der Waals surface area contributed by atoms with Gasteiger partial charge in [0.05, 0.1) is 12.4 Å². The summed E-state index contributed by atoms with van der Waals surface area (Å²) in [7, 11) is -0.576. The summed E-state index contributed by atoms with van der Waals surface area (Å²) < 4.78 is 16.5. The smallest absolute Gasteiger partial charge is 0.0996 e. The second kappa shape index (κ2) is 4.65. The first-order valence-electron chi connectivity index (χ1n) is 4.32. The van der Waals surface area contributed by atoms with E-state index in [0.717, 1.165) is 24.3 Å². The quantitative estimate of drug-likeness (QED) is 0.618. The van der Waals surface area contributed by atoms with Crippen molar-refractivity contribution in [1.29, 1.82) is 0 Å². The van der Waals surface area contributed by atoms with Crippen molar-refractivity contribution >= 4 is 10.8 Å². The third kappa shape index (κ3) is 3.39. The van der Waals surface area contributed by atoms with Crippen molar-refractivity contribution in [2.45, 2.75) is 32.8 Å². The molecular formula is C9H16O2S. The molecule has 0 aromatic heterocycles. The molecule has 1 aliphatic heterocycles. The van der Waals surface area contributed by atoms with E-state index < -0.39 is 10.8 Å². The van der Waals surface area contributed by atoms with Gasteiger partial charge >= 0.3 is 0 Å². The van der Waals surface area contributed by atoms with Crippen molar-refractivity contribution in [3.8, 4) is 0 Å². The summed E-state index contributed by atoms with van der Waals surface area (Å²) in [5.74, 6) is 1.61. The molecule has 0 spiro atoms. The largest absolute Gasteiger partial charge is 0.498 e. The van der Waals surface area contributed by atoms with E-state index in [0.29, 0.717) is 6.10 Å². The predicted molar refractivity (Wildman–Crippen MR) is 51.4 cm³/mol. The summed E-state index contributed by atoms with van der Waals surface area (Å²) in [5, 5.41) is 0. The first-order valence-corrected chi connectivity index (χ1v) is 5.81. The monoisotopic (exact) mass is 188 g/mol. The molecule has 2 nitrogen and oxygen atoms in total. The number of ether oxygens (including phenoxy) is 1. The third-order valence-electron chi connectivity index (χ3n) is 1.83. The number of allylic oxidation sites excluding steroid dienone is 1. The summed E-state index contributed by atoms with van der Waals surface area (Å²) in [6, 6.07) is 0. The van der Waals surface area contributed by atoms with E-state index in [-0.39, 0.29) is 0 Å². The van der Waals surface area contributed by atoms with Gasteiger partial charge in [0, 0.05) is 22.3 Å². The molecule has 3 heteroatoms. The first kappa shape index (κ1) is 9.78. The highest BCUT2D eigenvalue weighted by Gasteiger charge is 2.17. The molecule has 1 heterocycles. The van der Waals surface area contributed by atoms with Crippen LogP contribution < -0.4 is 0 Å². The molecule has 0 aromatic rings. The van der Waals surface area contributed by atoms with E-state index >= 15 is 0 Å². The van der Waals surface area contributed by atoms with Crippen LogP contribution in [-0.2, 0) is 15.5 Å². The Morgan fingerprint density at radius 1 is 1.42 bits per heavy atom. The van der Waals surface area contributed by atoms with Crippen molar-refractivity contribution in [3.05, 3.63) is 11.8 Å². The highest BCUT2D eigenvalue weighted by atomic mass is 32.2. The summed E-state index contributed by atoms with van der Waals surface area (Å²) in [4.78, 5) is 0. The predicted octanol–water partition coefficient (Wildman–Crippen LogP) is 1.84. The molecular weight excluding hydrogens is 172 g/mol. The standard InChI is InChI=1S/C9H16O2S/c1-8(2)7-11-9-3-5-12(10)6-4-9/h7,9H,3-6H2,1-2H3. The lowest BCUT2D eigenvalue weighted by Gasteiger charge is -2.20. The van der Waals surface area contributed by atoms with Crippen LogP contribution in [0.2, 0.25) is 0 Å². The van der Waals surface area contributed by atoms with Crippen molar-refractivity contribution < 1.29 is 8.95 Å². The molecule has 1 rings (SSSR count). The van der Waals surface area contributed by atoms with E-state index in [1.54, 1.807) is 6.26 Å². The first-order chi connectivity index (χ1) is 5.68. The topological polar surface area (TPSA) is 26.3 Å². The van der Waals surface area contributed by atoms with Crippen LogP contribution >= 0.6 is 0 Å². The van der Waals surface area contributed by atoms with Crippen LogP contribution in [0.1, 0.15) is 26.7 Å². The maximum atomic E-state index is 11.0. The van der Waals surface area contributed by atoms with Gasteiger partial charge in [-0.1, -0.05) is 0 Å². The van der Waals surface area contributed by atoms with Crippen LogP contribution in [0.4, 0.5) is 0 Å². The van der Waals surface area contributed by atoms with Gasteiger partial charge in [-0.25, -0.2) is 0 Å². The SMILES string of the molecule is CC(C)=COC1CCS(=O)CC1. The Labute approximate surface area is 76.5 Å². The molecule has 0 aromatic carbocycles. The van der Waals surface area contributed by atoms with Gasteiger partial charge in [-0.05, 0) is 32.3 Å². The molecule has 1 aliphatic rings. The van der Waals surface area contributed by atoms with Gasteiger partial charge in [0.15, 0.2) is 0 Å². The fourth-order valence-corrected chi connectivity index (χ4v) is 2.40. The molecule has 1 saturated heterocycles. The normalized spacial score (nSPS) is 29.5. The lowest BCUT2D eigenvalue weighted by atomic mass is 10.2. The fraction of sp³-hybridized carbons (Fsp3) is 0.778. The summed E-state index contributed by atoms with van der Waals surface area (Å²) in [5.41, 5.74) is 1.18. The molecule has 1 fully saturated rings. The van der Waals surface area contributed by atoms with Gasteiger partial charge in [-0.15, -0.1) is 0 Å². The molecule has 0 saturated carbocycles. The van der Waals surface area contributed by atoms with Crippen molar-refractivity contribution in [1.82, 2.24) is 0 Å². The van der Waals surface area contributed by atoms with Crippen molar-refractivity contribution in [2.24, 2.45) is 0 Å². The maximum Gasteiger partial charge on any atom is 0.0996 e. The van der Waals surface area contributed by atoms with Gasteiger partial charge in [0.25, 0.3) is 0 Å². The van der Waals surface area contributed by atoms with Crippen LogP contribution in [-0.4, -0.2) is 21.8 Å². The highest BCUT2D eigenvalue weighted by Crippen LogP contribution is 2.13. The number of hydrogen-bond donors (Lipinski definition) is 0. The van der Waals surface area contributed by atoms with Gasteiger partial charge in [-0.3, -0.25) is 4.21 Å². The molecule has 0 unspecified atom stereocenters. The Morgan fingerprint density at radius 3 is 2.50 bits per heavy atom. The summed E-state index contributed by atoms with van der Waals surface area (Å²) in [6.07, 6.45) is 3.99. The zero-order valence-corrected chi connectivity index (χ0v) is 8.52. The average Bonchev–Trinajstić information content (AvgIpc) is 2.03. The van der Waals surface area contributed by atoms with Crippen LogP contribution in [0.5, 0.6) is 0 Å². The molecule has 12 heavy (non-hydrogen) atoms. The van der Waals surface area contributed by atoms with E-state index in [4.69, 9.17) is 4.74 Å². The van der Waals surface area contributed by atoms with Crippen LogP contribution in [0.25, 0.3) is 0 Å². The van der Waals surface area contributed by atoms with E-state index in [9.17, 15) is 4.21 Å². The summed E-state index contributed by atoms with van der Waals surface area (Å²) in [6.45, 7) is 4.03. The molecule has 0 radical (unpaired) electrons.